The van der Waals surface area contributed by atoms with Gasteiger partial charge in [0.2, 0.25) is 0 Å². The summed E-state index contributed by atoms with van der Waals surface area (Å²) in [5.74, 6) is 0.767. The molecule has 1 aromatic heterocycles. The average Bonchev–Trinajstić information content (AvgIpc) is 2.71. The van der Waals surface area contributed by atoms with Crippen LogP contribution in [0.1, 0.15) is 25.0 Å². The van der Waals surface area contributed by atoms with Crippen molar-refractivity contribution in [2.24, 2.45) is 5.92 Å². The minimum Gasteiger partial charge on any atom is -0.297 e. The topological polar surface area (TPSA) is 64.8 Å². The molecule has 0 N–H and O–H groups in total. The lowest BCUT2D eigenvalue weighted by Crippen LogP contribution is -2.12. The van der Waals surface area contributed by atoms with E-state index in [1.54, 1.807) is 4.57 Å². The van der Waals surface area contributed by atoms with Gasteiger partial charge in [-0.15, -0.1) is 10.2 Å². The van der Waals surface area contributed by atoms with Crippen LogP contribution in [-0.2, 0) is 15.6 Å². The van der Waals surface area contributed by atoms with Gasteiger partial charge in [0.05, 0.1) is 0 Å². The van der Waals surface area contributed by atoms with Gasteiger partial charge in [-0.2, -0.15) is 0 Å². The van der Waals surface area contributed by atoms with E-state index in [2.05, 4.69) is 10.2 Å². The lowest BCUT2D eigenvalue weighted by atomic mass is 10.1. The first-order chi connectivity index (χ1) is 9.70. The molecule has 0 fully saturated rings. The van der Waals surface area contributed by atoms with Gasteiger partial charge in [0.25, 0.3) is 14.2 Å². The van der Waals surface area contributed by atoms with E-state index >= 15 is 0 Å². The van der Waals surface area contributed by atoms with Crippen molar-refractivity contribution < 1.29 is 8.42 Å². The maximum absolute atomic E-state index is 11.7. The Kier molecular flexibility index (Phi) is 4.39. The first-order valence-corrected chi connectivity index (χ1v) is 8.96. The fraction of sp³-hybridized carbons (Fsp3) is 0.429. The molecule has 0 spiro atoms. The predicted octanol–water partition coefficient (Wildman–Crippen LogP) is 3.15. The minimum absolute atomic E-state index is 0.201. The van der Waals surface area contributed by atoms with Crippen LogP contribution in [0.2, 0.25) is 0 Å². The van der Waals surface area contributed by atoms with E-state index in [1.165, 1.54) is 0 Å². The number of halogens is 1. The van der Waals surface area contributed by atoms with Crippen LogP contribution in [0.25, 0.3) is 11.4 Å². The number of hydrogen-bond acceptors (Lipinski definition) is 4. The second kappa shape index (κ2) is 5.77. The molecule has 1 heterocycles. The third-order valence-corrected chi connectivity index (χ3v) is 4.26. The number of nitrogens with zero attached hydrogens (tertiary/aromatic N) is 3. The van der Waals surface area contributed by atoms with Crippen LogP contribution < -0.4 is 0 Å². The van der Waals surface area contributed by atoms with Crippen LogP contribution in [0.15, 0.2) is 23.4 Å². The van der Waals surface area contributed by atoms with Gasteiger partial charge < -0.3 is 0 Å². The van der Waals surface area contributed by atoms with Gasteiger partial charge in [-0.3, -0.25) is 4.57 Å². The summed E-state index contributed by atoms with van der Waals surface area (Å²) in [4.78, 5) is 0. The second-order valence-electron chi connectivity index (χ2n) is 5.57. The zero-order chi connectivity index (χ0) is 15.8. The molecule has 0 radical (unpaired) electrons. The molecule has 0 aliphatic carbocycles. The normalized spacial score (nSPS) is 12.1. The Morgan fingerprint density at radius 1 is 1.24 bits per heavy atom. The highest BCUT2D eigenvalue weighted by atomic mass is 35.7. The molecule has 114 valence electrons. The fourth-order valence-electron chi connectivity index (χ4n) is 2.26. The summed E-state index contributed by atoms with van der Waals surface area (Å²) in [6.45, 7) is 8.44. The average molecular weight is 328 g/mol. The molecule has 0 atom stereocenters. The molecular weight excluding hydrogens is 310 g/mol. The molecule has 1 aromatic carbocycles. The van der Waals surface area contributed by atoms with Gasteiger partial charge in [0.15, 0.2) is 5.82 Å². The third-order valence-electron chi connectivity index (χ3n) is 3.11. The molecule has 21 heavy (non-hydrogen) atoms. The smallest absolute Gasteiger partial charge is 0.296 e. The van der Waals surface area contributed by atoms with Gasteiger partial charge >= 0.3 is 0 Å². The zero-order valence-electron chi connectivity index (χ0n) is 12.5. The summed E-state index contributed by atoms with van der Waals surface area (Å²) in [6.07, 6.45) is 0. The summed E-state index contributed by atoms with van der Waals surface area (Å²) >= 11 is 0. The van der Waals surface area contributed by atoms with E-state index in [0.717, 1.165) is 16.7 Å². The number of hydrogen-bond donors (Lipinski definition) is 0. The Bertz CT molecular complexity index is 767. The molecule has 0 aliphatic heterocycles. The van der Waals surface area contributed by atoms with Crippen LogP contribution in [0.3, 0.4) is 0 Å². The molecule has 2 aromatic rings. The maximum Gasteiger partial charge on any atom is 0.296 e. The van der Waals surface area contributed by atoms with E-state index < -0.39 is 9.05 Å². The highest BCUT2D eigenvalue weighted by Crippen LogP contribution is 2.26. The lowest BCUT2D eigenvalue weighted by Gasteiger charge is -2.13. The van der Waals surface area contributed by atoms with Crippen molar-refractivity contribution >= 4 is 19.7 Å². The lowest BCUT2D eigenvalue weighted by molar-refractivity contribution is 0.488. The summed E-state index contributed by atoms with van der Waals surface area (Å²) in [7, 11) is 1.54. The quantitative estimate of drug-likeness (QED) is 0.809. The first-order valence-electron chi connectivity index (χ1n) is 6.65. The monoisotopic (exact) mass is 327 g/mol. The SMILES string of the molecule is Cc1ccc(-c2nnc(S(=O)(=O)Cl)n2CC(C)C)c(C)c1. The highest BCUT2D eigenvalue weighted by Gasteiger charge is 2.24. The number of rotatable bonds is 4. The zero-order valence-corrected chi connectivity index (χ0v) is 14.0. The fourth-order valence-corrected chi connectivity index (χ4v) is 3.17. The Morgan fingerprint density at radius 2 is 1.90 bits per heavy atom. The Hall–Kier alpha value is -1.40. The van der Waals surface area contributed by atoms with E-state index in [1.807, 2.05) is 45.9 Å². The standard InChI is InChI=1S/C14H18ClN3O2S/c1-9(2)8-18-13(16-17-14(18)21(15,19)20)12-6-5-10(3)7-11(12)4/h5-7,9H,8H2,1-4H3. The molecule has 0 unspecified atom stereocenters. The second-order valence-corrected chi connectivity index (χ2v) is 8.03. The van der Waals surface area contributed by atoms with E-state index in [-0.39, 0.29) is 11.1 Å². The van der Waals surface area contributed by atoms with Crippen molar-refractivity contribution in [3.05, 3.63) is 29.3 Å². The van der Waals surface area contributed by atoms with Crippen molar-refractivity contribution in [3.8, 4) is 11.4 Å². The number of benzene rings is 1. The maximum atomic E-state index is 11.7. The van der Waals surface area contributed by atoms with Gasteiger partial charge in [-0.1, -0.05) is 37.6 Å². The van der Waals surface area contributed by atoms with Gasteiger partial charge in [0, 0.05) is 22.8 Å². The minimum atomic E-state index is -3.93. The molecule has 0 aliphatic rings. The van der Waals surface area contributed by atoms with E-state index in [4.69, 9.17) is 10.7 Å². The van der Waals surface area contributed by atoms with Crippen molar-refractivity contribution in [3.63, 3.8) is 0 Å². The molecule has 7 heteroatoms. The summed E-state index contributed by atoms with van der Waals surface area (Å²) in [5.41, 5.74) is 3.02. The third kappa shape index (κ3) is 3.44. The van der Waals surface area contributed by atoms with Crippen LogP contribution >= 0.6 is 10.7 Å². The van der Waals surface area contributed by atoms with Crippen molar-refractivity contribution in [1.29, 1.82) is 0 Å². The van der Waals surface area contributed by atoms with Crippen LogP contribution in [0, 0.1) is 19.8 Å². The molecule has 5 nitrogen and oxygen atoms in total. The predicted molar refractivity (Wildman–Crippen MR) is 82.8 cm³/mol. The molecular formula is C14H18ClN3O2S. The van der Waals surface area contributed by atoms with Gasteiger partial charge in [-0.05, 0) is 25.3 Å². The van der Waals surface area contributed by atoms with E-state index in [0.29, 0.717) is 12.4 Å². The summed E-state index contributed by atoms with van der Waals surface area (Å²) < 4.78 is 24.9. The van der Waals surface area contributed by atoms with Crippen LogP contribution in [0.5, 0.6) is 0 Å². The Morgan fingerprint density at radius 3 is 2.43 bits per heavy atom. The number of aryl methyl sites for hydroxylation is 2. The Labute approximate surface area is 129 Å². The largest absolute Gasteiger partial charge is 0.297 e. The highest BCUT2D eigenvalue weighted by molar-refractivity contribution is 8.13. The Balaban J connectivity index is 2.66. The molecule has 2 rings (SSSR count). The van der Waals surface area contributed by atoms with Crippen LogP contribution in [0.4, 0.5) is 0 Å². The van der Waals surface area contributed by atoms with Crippen molar-refractivity contribution in [1.82, 2.24) is 14.8 Å². The molecule has 0 bridgehead atoms. The van der Waals surface area contributed by atoms with E-state index in [9.17, 15) is 8.42 Å². The summed E-state index contributed by atoms with van der Waals surface area (Å²) in [6, 6.07) is 5.92. The number of aromatic nitrogens is 3. The van der Waals surface area contributed by atoms with Crippen molar-refractivity contribution in [2.45, 2.75) is 39.4 Å². The summed E-state index contributed by atoms with van der Waals surface area (Å²) in [5, 5.41) is 7.62. The molecule has 0 saturated carbocycles. The molecule has 0 amide bonds. The first kappa shape index (κ1) is 16.0. The van der Waals surface area contributed by atoms with Gasteiger partial charge in [0.1, 0.15) is 0 Å². The van der Waals surface area contributed by atoms with Crippen LogP contribution in [-0.4, -0.2) is 23.2 Å². The van der Waals surface area contributed by atoms with Gasteiger partial charge in [-0.25, -0.2) is 8.42 Å². The van der Waals surface area contributed by atoms with Crippen molar-refractivity contribution in [2.75, 3.05) is 0 Å². The molecule has 0 saturated heterocycles.